The number of hydrogen-bond donors (Lipinski definition) is 0. The van der Waals surface area contributed by atoms with Gasteiger partial charge in [-0.3, -0.25) is 0 Å². The largest absolute Gasteiger partial charge is 4.00 e. The Balaban J connectivity index is 0. The molecule has 0 aliphatic carbocycles. The van der Waals surface area contributed by atoms with E-state index in [0.717, 1.165) is 0 Å². The normalized spacial score (nSPS) is 0. The van der Waals surface area contributed by atoms with Gasteiger partial charge in [-0.1, -0.05) is 0 Å². The maximum atomic E-state index is 0. The van der Waals surface area contributed by atoms with Crippen LogP contribution in [0.25, 0.3) is 0 Å². The van der Waals surface area contributed by atoms with E-state index in [2.05, 4.69) is 0 Å². The smallest absolute Gasteiger partial charge is 1.00 e. The van der Waals surface area contributed by atoms with Gasteiger partial charge in [0.2, 0.25) is 0 Å². The van der Waals surface area contributed by atoms with E-state index in [-0.39, 0.29) is 126 Å². The Kier molecular flexibility index (Phi) is 1810. The fraction of sp³-hybridized carbons (Fsp3) is 0. The first-order valence-electron chi connectivity index (χ1n) is 0. The molecule has 0 unspecified atom stereocenters. The molecule has 0 heterocycles. The molecule has 0 fully saturated rings. The summed E-state index contributed by atoms with van der Waals surface area (Å²) in [5.41, 5.74) is 0. The molecule has 0 atom stereocenters. The van der Waals surface area contributed by atoms with E-state index in [1.165, 1.54) is 0 Å². The van der Waals surface area contributed by atoms with Crippen molar-refractivity contribution >= 4 is 0 Å². The van der Waals surface area contributed by atoms with Crippen molar-refractivity contribution in [3.05, 3.63) is 0 Å². The summed E-state index contributed by atoms with van der Waals surface area (Å²) in [4.78, 5) is 0. The van der Waals surface area contributed by atoms with Gasteiger partial charge in [0.25, 0.3) is 0 Å². The van der Waals surface area contributed by atoms with Crippen LogP contribution in [0.15, 0.2) is 0 Å². The first-order valence-corrected chi connectivity index (χ1v) is 0. The van der Waals surface area contributed by atoms with Crippen LogP contribution in [0.3, 0.4) is 0 Å². The molecule has 9 heteroatoms. The third kappa shape index (κ3) is 90.7. The van der Waals surface area contributed by atoms with Crippen molar-refractivity contribution in [3.63, 3.8) is 0 Å². The molecule has 0 aromatic rings. The van der Waals surface area contributed by atoms with Crippen molar-refractivity contribution in [2.75, 3.05) is 0 Å². The molecule has 0 aliphatic rings. The molecule has 61 valence electrons. The summed E-state index contributed by atoms with van der Waals surface area (Å²) in [7, 11) is 0. The van der Waals surface area contributed by atoms with E-state index in [0.29, 0.717) is 0 Å². The summed E-state index contributed by atoms with van der Waals surface area (Å²) in [6.07, 6.45) is 0. The standard InChI is InChI=1S/7ClH.Fe.Ti/h7*1H;;/q;;;;;;;+3;+4/p-7. The minimum atomic E-state index is 0. The van der Waals surface area contributed by atoms with Crippen LogP contribution in [-0.4, -0.2) is 0 Å². The molecule has 9 heavy (non-hydrogen) atoms. The van der Waals surface area contributed by atoms with Gasteiger partial charge in [-0.15, -0.1) is 0 Å². The second-order valence-corrected chi connectivity index (χ2v) is 0. The van der Waals surface area contributed by atoms with Gasteiger partial charge < -0.3 is 86.8 Å². The van der Waals surface area contributed by atoms with E-state index in [1.54, 1.807) is 0 Å². The van der Waals surface area contributed by atoms with E-state index in [4.69, 9.17) is 0 Å². The van der Waals surface area contributed by atoms with Crippen LogP contribution in [0, 0.1) is 0 Å². The molecule has 0 bridgehead atoms. The van der Waals surface area contributed by atoms with Gasteiger partial charge in [0.05, 0.1) is 0 Å². The van der Waals surface area contributed by atoms with E-state index >= 15 is 0 Å². The van der Waals surface area contributed by atoms with Gasteiger partial charge in [0, 0.05) is 0 Å². The zero-order chi connectivity index (χ0) is 0. The van der Waals surface area contributed by atoms with Crippen LogP contribution < -0.4 is 86.8 Å². The summed E-state index contributed by atoms with van der Waals surface area (Å²) < 4.78 is 0. The number of hydrogen-bond acceptors (Lipinski definition) is 0. The van der Waals surface area contributed by atoms with Crippen molar-refractivity contribution in [1.82, 2.24) is 0 Å². The molecule has 0 saturated heterocycles. The molecule has 0 saturated carbocycles. The Morgan fingerprint density at radius 2 is 0.333 bits per heavy atom. The predicted octanol–water partition coefficient (Wildman–Crippen LogP) is -21.0. The number of rotatable bonds is 0. The Morgan fingerprint density at radius 3 is 0.333 bits per heavy atom. The van der Waals surface area contributed by atoms with Gasteiger partial charge in [0.15, 0.2) is 0 Å². The summed E-state index contributed by atoms with van der Waals surface area (Å²) in [5, 5.41) is 0. The maximum absolute atomic E-state index is 0. The monoisotopic (exact) mass is 349 g/mol. The summed E-state index contributed by atoms with van der Waals surface area (Å²) in [5.74, 6) is 0. The first-order chi connectivity index (χ1) is 0. The predicted molar refractivity (Wildman–Crippen MR) is 0 cm³/mol. The van der Waals surface area contributed by atoms with Crippen LogP contribution in [0.1, 0.15) is 0 Å². The molecular formula is Cl7FeTi. The van der Waals surface area contributed by atoms with Crippen LogP contribution in [0.5, 0.6) is 0 Å². The third-order valence-corrected chi connectivity index (χ3v) is 0. The van der Waals surface area contributed by atoms with E-state index < -0.39 is 0 Å². The second kappa shape index (κ2) is 111. The van der Waals surface area contributed by atoms with E-state index in [9.17, 15) is 0 Å². The Bertz CT molecular complexity index is 8.88. The molecule has 0 N–H and O–H groups in total. The molecule has 0 amide bonds. The zero-order valence-corrected chi connectivity index (χ0v) is 11.5. The van der Waals surface area contributed by atoms with E-state index in [1.807, 2.05) is 0 Å². The summed E-state index contributed by atoms with van der Waals surface area (Å²) in [6, 6.07) is 0. The molecule has 0 aromatic heterocycles. The van der Waals surface area contributed by atoms with Crippen LogP contribution in [0.2, 0.25) is 0 Å². The first kappa shape index (κ1) is 146. The Morgan fingerprint density at radius 1 is 0.333 bits per heavy atom. The molecule has 0 aromatic carbocycles. The van der Waals surface area contributed by atoms with Crippen LogP contribution >= 0.6 is 0 Å². The second-order valence-electron chi connectivity index (χ2n) is 0. The average Bonchev–Trinajstić information content (AvgIpc) is 0. The minimum Gasteiger partial charge on any atom is -1.00 e. The fourth-order valence-corrected chi connectivity index (χ4v) is 0. The van der Waals surface area contributed by atoms with Crippen LogP contribution in [0.4, 0.5) is 0 Å². The average molecular weight is 352 g/mol. The fourth-order valence-electron chi connectivity index (χ4n) is 0. The topological polar surface area (TPSA) is 0 Å². The number of halogens is 7. The van der Waals surface area contributed by atoms with Gasteiger partial charge in [-0.2, -0.15) is 0 Å². The van der Waals surface area contributed by atoms with Gasteiger partial charge in [0.1, 0.15) is 0 Å². The zero-order valence-electron chi connectivity index (χ0n) is 3.50. The van der Waals surface area contributed by atoms with Gasteiger partial charge in [-0.05, 0) is 0 Å². The Hall–Kier alpha value is 3.26. The maximum Gasteiger partial charge on any atom is 4.00 e. The summed E-state index contributed by atoms with van der Waals surface area (Å²) >= 11 is 0. The molecule has 0 aliphatic heterocycles. The molecule has 1 radical (unpaired) electrons. The Labute approximate surface area is 124 Å². The summed E-state index contributed by atoms with van der Waals surface area (Å²) in [6.45, 7) is 0. The van der Waals surface area contributed by atoms with Crippen molar-refractivity contribution in [3.8, 4) is 0 Å². The quantitative estimate of drug-likeness (QED) is 0.380. The molecule has 0 nitrogen and oxygen atoms in total. The van der Waals surface area contributed by atoms with Crippen molar-refractivity contribution < 1.29 is 126 Å². The van der Waals surface area contributed by atoms with Crippen molar-refractivity contribution in [2.24, 2.45) is 0 Å². The third-order valence-electron chi connectivity index (χ3n) is 0. The SMILES string of the molecule is [Cl-].[Cl-].[Cl-].[Cl-].[Cl-].[Cl-].[Cl-].[Fe+3].[Ti+4]. The molecule has 0 spiro atoms. The van der Waals surface area contributed by atoms with Crippen molar-refractivity contribution in [1.29, 1.82) is 0 Å². The molecular weight excluding hydrogens is 352 g/mol. The minimum absolute atomic E-state index is 0. The van der Waals surface area contributed by atoms with Gasteiger partial charge >= 0.3 is 38.8 Å². The van der Waals surface area contributed by atoms with Gasteiger partial charge in [-0.25, -0.2) is 0 Å². The molecule has 0 rings (SSSR count). The van der Waals surface area contributed by atoms with Crippen molar-refractivity contribution in [2.45, 2.75) is 0 Å². The van der Waals surface area contributed by atoms with Crippen LogP contribution in [-0.2, 0) is 38.8 Å².